The van der Waals surface area contributed by atoms with E-state index < -0.39 is 0 Å². The third kappa shape index (κ3) is 7.25. The van der Waals surface area contributed by atoms with Crippen LogP contribution in [-0.2, 0) is 82.2 Å². The summed E-state index contributed by atoms with van der Waals surface area (Å²) >= 11 is 0. The van der Waals surface area contributed by atoms with E-state index in [1.807, 2.05) is 50.2 Å². The topological polar surface area (TPSA) is 65.2 Å². The van der Waals surface area contributed by atoms with E-state index in [2.05, 4.69) is 48.5 Å². The van der Waals surface area contributed by atoms with Crippen molar-refractivity contribution >= 4 is 45.3 Å². The molecule has 0 heterocycles. The van der Waals surface area contributed by atoms with Crippen LogP contribution in [0.1, 0.15) is 22.3 Å². The third-order valence-corrected chi connectivity index (χ3v) is 7.12. The molecule has 0 atom stereocenters. The van der Waals surface area contributed by atoms with Gasteiger partial charge in [-0.25, -0.2) is 0 Å². The maximum Gasteiger partial charge on any atom is 0.0702 e. The fraction of sp³-hybridized carbons (Fsp3) is 0.0556. The second kappa shape index (κ2) is 15.5. The number of phenols is 2. The maximum atomic E-state index is 10.6. The summed E-state index contributed by atoms with van der Waals surface area (Å²) in [5, 5.41) is 25.4. The molecule has 4 nitrogen and oxygen atoms in total. The molecule has 0 bridgehead atoms. The molecule has 6 rings (SSSR count). The Labute approximate surface area is 312 Å². The van der Waals surface area contributed by atoms with Gasteiger partial charge in [-0.3, -0.25) is 9.98 Å². The van der Waals surface area contributed by atoms with Gasteiger partial charge in [0.25, 0.3) is 0 Å². The molecule has 209 valence electrons. The smallest absolute Gasteiger partial charge is 0.0702 e. The minimum absolute atomic E-state index is 0. The maximum absolute atomic E-state index is 10.6. The van der Waals surface area contributed by atoms with Crippen LogP contribution in [0, 0.1) is 26.0 Å². The van der Waals surface area contributed by atoms with Crippen molar-refractivity contribution in [2.24, 2.45) is 9.98 Å². The Hall–Kier alpha value is -2.51. The zero-order chi connectivity index (χ0) is 27.6. The average Bonchev–Trinajstić information content (AvgIpc) is 2.98. The fourth-order valence-electron chi connectivity index (χ4n) is 4.98. The van der Waals surface area contributed by atoms with Gasteiger partial charge in [-0.2, -0.15) is 36.4 Å². The number of benzene rings is 6. The molecule has 0 aromatic heterocycles. The van der Waals surface area contributed by atoms with E-state index >= 15 is 0 Å². The Bertz CT molecular complexity index is 1830. The van der Waals surface area contributed by atoms with Gasteiger partial charge in [-0.1, -0.05) is 85.6 Å². The summed E-state index contributed by atoms with van der Waals surface area (Å²) in [4.78, 5) is 9.79. The molecule has 0 unspecified atom stereocenters. The van der Waals surface area contributed by atoms with Crippen molar-refractivity contribution in [1.82, 2.24) is 0 Å². The van der Waals surface area contributed by atoms with Gasteiger partial charge in [0.1, 0.15) is 0 Å². The van der Waals surface area contributed by atoms with Crippen LogP contribution in [0.2, 0.25) is 0 Å². The van der Waals surface area contributed by atoms with Gasteiger partial charge < -0.3 is 10.2 Å². The van der Waals surface area contributed by atoms with E-state index in [1.165, 1.54) is 0 Å². The predicted octanol–water partition coefficient (Wildman–Crippen LogP) is 8.78. The van der Waals surface area contributed by atoms with Crippen LogP contribution in [0.5, 0.6) is 11.5 Å². The van der Waals surface area contributed by atoms with Gasteiger partial charge in [0.2, 0.25) is 0 Å². The molecular formula is C36H26CoN2O2Y2-2. The number of nitrogens with zero attached hydrogens (tertiary/aromatic N) is 2. The van der Waals surface area contributed by atoms with Crippen molar-refractivity contribution in [3.05, 3.63) is 131 Å². The number of aromatic hydroxyl groups is 2. The van der Waals surface area contributed by atoms with Gasteiger partial charge in [0, 0.05) is 105 Å². The fourth-order valence-corrected chi connectivity index (χ4v) is 4.98. The molecule has 0 spiro atoms. The van der Waals surface area contributed by atoms with Crippen LogP contribution >= 0.6 is 0 Å². The number of hydrogen-bond acceptors (Lipinski definition) is 4. The first-order valence-corrected chi connectivity index (χ1v) is 13.0. The Morgan fingerprint density at radius 1 is 0.558 bits per heavy atom. The molecule has 0 aliphatic carbocycles. The van der Waals surface area contributed by atoms with Gasteiger partial charge in [-0.05, 0) is 46.1 Å². The zero-order valence-corrected chi connectivity index (χ0v) is 30.4. The molecule has 0 fully saturated rings. The molecular weight excluding hydrogens is 729 g/mol. The average molecular weight is 755 g/mol. The molecule has 2 N–H and O–H groups in total. The van der Waals surface area contributed by atoms with Crippen molar-refractivity contribution in [2.75, 3.05) is 0 Å². The minimum Gasteiger partial charge on any atom is -0.533 e. The molecule has 0 aliphatic rings. The number of fused-ring (bicyclic) bond motifs is 2. The molecule has 0 saturated heterocycles. The van der Waals surface area contributed by atoms with Crippen molar-refractivity contribution < 1.29 is 92.4 Å². The summed E-state index contributed by atoms with van der Waals surface area (Å²) in [6, 6.07) is 37.7. The number of hydrogen-bond donors (Lipinski definition) is 2. The van der Waals surface area contributed by atoms with Gasteiger partial charge in [0.05, 0.1) is 11.4 Å². The molecule has 0 amide bonds. The normalized spacial score (nSPS) is 10.9. The van der Waals surface area contributed by atoms with Crippen LogP contribution in [-0.4, -0.2) is 22.6 Å². The summed E-state index contributed by atoms with van der Waals surface area (Å²) in [6.45, 7) is 3.68. The Morgan fingerprint density at radius 3 is 1.37 bits per heavy atom. The van der Waals surface area contributed by atoms with Gasteiger partial charge >= 0.3 is 0 Å². The Kier molecular flexibility index (Phi) is 12.6. The summed E-state index contributed by atoms with van der Waals surface area (Å²) in [7, 11) is 0. The van der Waals surface area contributed by atoms with Crippen molar-refractivity contribution in [2.45, 2.75) is 13.8 Å². The molecule has 3 radical (unpaired) electrons. The van der Waals surface area contributed by atoms with Crippen LogP contribution in [0.15, 0.2) is 107 Å². The van der Waals surface area contributed by atoms with E-state index in [9.17, 15) is 10.2 Å². The van der Waals surface area contributed by atoms with E-state index in [0.29, 0.717) is 11.1 Å². The zero-order valence-electron chi connectivity index (χ0n) is 23.7. The van der Waals surface area contributed by atoms with Crippen LogP contribution in [0.4, 0.5) is 11.4 Å². The Morgan fingerprint density at radius 2 is 0.953 bits per heavy atom. The van der Waals surface area contributed by atoms with Gasteiger partial charge in [0.15, 0.2) is 0 Å². The van der Waals surface area contributed by atoms with Crippen molar-refractivity contribution in [1.29, 1.82) is 0 Å². The summed E-state index contributed by atoms with van der Waals surface area (Å²) < 4.78 is 0. The summed E-state index contributed by atoms with van der Waals surface area (Å²) in [5.74, 6) is 0.380. The first kappa shape index (κ1) is 35.0. The minimum atomic E-state index is 0. The van der Waals surface area contributed by atoms with E-state index in [4.69, 9.17) is 9.98 Å². The van der Waals surface area contributed by atoms with Crippen molar-refractivity contribution in [3.8, 4) is 22.6 Å². The SMILES string of the molecule is Cc1c[c-]cc(C=Nc2ccc3ccccc3c2-c2c(N=Cc3c[c-]cc(C)c3O)ccc3ccccc23)c1O.[Co].[Y].[Y]. The molecule has 6 aromatic rings. The molecule has 0 aliphatic heterocycles. The van der Waals surface area contributed by atoms with Gasteiger partial charge in [-0.15, -0.1) is 11.1 Å². The van der Waals surface area contributed by atoms with Crippen LogP contribution in [0.25, 0.3) is 32.7 Å². The summed E-state index contributed by atoms with van der Waals surface area (Å²) in [6.07, 6.45) is 3.36. The molecule has 7 heteroatoms. The standard InChI is InChI=1S/C36H26N2O2.Co.2Y/c1-23-9-7-13-27(35(23)39)21-37-31-19-17-25-11-3-5-15-29(25)33(31)34-30-16-6-4-12-26(30)18-20-32(34)38-22-28-14-8-10-24(2)36(28)40;;;/h3-6,9-22,39-40H,1-2H3;;;/q-2;;;. The molecule has 6 aromatic carbocycles. The monoisotopic (exact) mass is 755 g/mol. The van der Waals surface area contributed by atoms with E-state index in [1.54, 1.807) is 36.7 Å². The predicted molar refractivity (Wildman–Crippen MR) is 165 cm³/mol. The first-order chi connectivity index (χ1) is 19.5. The van der Waals surface area contributed by atoms with E-state index in [0.717, 1.165) is 55.2 Å². The molecule has 0 saturated carbocycles. The second-order valence-electron chi connectivity index (χ2n) is 9.76. The van der Waals surface area contributed by atoms with Crippen molar-refractivity contribution in [3.63, 3.8) is 0 Å². The second-order valence-corrected chi connectivity index (χ2v) is 9.76. The quantitative estimate of drug-likeness (QED) is 0.137. The van der Waals surface area contributed by atoms with Crippen LogP contribution < -0.4 is 0 Å². The van der Waals surface area contributed by atoms with E-state index in [-0.39, 0.29) is 93.7 Å². The number of rotatable bonds is 5. The van der Waals surface area contributed by atoms with Crippen LogP contribution in [0.3, 0.4) is 0 Å². The summed E-state index contributed by atoms with van der Waals surface area (Å²) in [5.41, 5.74) is 6.06. The Balaban J connectivity index is 0.00000169. The molecule has 43 heavy (non-hydrogen) atoms. The number of aliphatic imine (C=N–C) groups is 2. The largest absolute Gasteiger partial charge is 0.533 e. The first-order valence-electron chi connectivity index (χ1n) is 13.0. The third-order valence-electron chi connectivity index (χ3n) is 7.12. The number of phenolic OH excluding ortho intramolecular Hbond substituents is 2. The number of aryl methyl sites for hydroxylation is 2.